The van der Waals surface area contributed by atoms with Gasteiger partial charge in [-0.15, -0.1) is 0 Å². The Morgan fingerprint density at radius 2 is 2.18 bits per heavy atom. The monoisotopic (exact) mass is 237 g/mol. The zero-order chi connectivity index (χ0) is 8.43. The molecule has 11 heavy (non-hydrogen) atoms. The lowest BCUT2D eigenvalue weighted by atomic mass is 10.2. The van der Waals surface area contributed by atoms with Crippen LogP contribution in [0.3, 0.4) is 0 Å². The summed E-state index contributed by atoms with van der Waals surface area (Å²) in [4.78, 5) is 0. The van der Waals surface area contributed by atoms with Crippen molar-refractivity contribution in [2.75, 3.05) is 0 Å². The van der Waals surface area contributed by atoms with E-state index in [0.29, 0.717) is 10.0 Å². The molecule has 1 nitrogen and oxygen atoms in total. The lowest BCUT2D eigenvalue weighted by Crippen LogP contribution is -2.01. The van der Waals surface area contributed by atoms with Crippen molar-refractivity contribution in [3.05, 3.63) is 33.0 Å². The number of nitrogens with two attached hydrogens (primary N) is 1. The van der Waals surface area contributed by atoms with Gasteiger partial charge in [-0.25, -0.2) is 4.39 Å². The van der Waals surface area contributed by atoms with E-state index in [1.807, 2.05) is 0 Å². The maximum Gasteiger partial charge on any atom is 0.147 e. The molecule has 4 heteroatoms. The summed E-state index contributed by atoms with van der Waals surface area (Å²) in [7, 11) is 0. The van der Waals surface area contributed by atoms with Crippen LogP contribution in [0.5, 0.6) is 0 Å². The molecular formula is C7H6BrClFN. The fourth-order valence-electron chi connectivity index (χ4n) is 0.756. The Labute approximate surface area is 77.5 Å². The maximum atomic E-state index is 13.0. The van der Waals surface area contributed by atoms with Gasteiger partial charge in [-0.3, -0.25) is 0 Å². The van der Waals surface area contributed by atoms with Gasteiger partial charge in [-0.1, -0.05) is 27.5 Å². The van der Waals surface area contributed by atoms with E-state index in [-0.39, 0.29) is 11.6 Å². The number of benzene rings is 1. The molecule has 0 unspecified atom stereocenters. The summed E-state index contributed by atoms with van der Waals surface area (Å²) in [5.41, 5.74) is 5.71. The van der Waals surface area contributed by atoms with E-state index in [4.69, 9.17) is 17.3 Å². The minimum atomic E-state index is -0.441. The van der Waals surface area contributed by atoms with Gasteiger partial charge in [0.1, 0.15) is 5.82 Å². The summed E-state index contributed by atoms with van der Waals surface area (Å²) in [5, 5.41) is 0.105. The highest BCUT2D eigenvalue weighted by Crippen LogP contribution is 2.25. The third-order valence-electron chi connectivity index (χ3n) is 1.34. The third-order valence-corrected chi connectivity index (χ3v) is 2.38. The van der Waals surface area contributed by atoms with Gasteiger partial charge >= 0.3 is 0 Å². The van der Waals surface area contributed by atoms with Crippen molar-refractivity contribution in [1.82, 2.24) is 0 Å². The second-order valence-electron chi connectivity index (χ2n) is 2.03. The molecule has 0 aliphatic carbocycles. The summed E-state index contributed by atoms with van der Waals surface area (Å²) in [6.45, 7) is 0.146. The van der Waals surface area contributed by atoms with Crippen molar-refractivity contribution < 1.29 is 4.39 Å². The van der Waals surface area contributed by atoms with Crippen LogP contribution in [-0.4, -0.2) is 0 Å². The molecule has 0 bridgehead atoms. The molecule has 1 rings (SSSR count). The molecule has 0 amide bonds. The van der Waals surface area contributed by atoms with Crippen LogP contribution in [0.4, 0.5) is 4.39 Å². The molecule has 0 spiro atoms. The molecule has 1 aromatic rings. The van der Waals surface area contributed by atoms with Crippen LogP contribution in [0, 0.1) is 5.82 Å². The normalized spacial score (nSPS) is 10.2. The standard InChI is InChI=1S/C7H6BrClFN/c8-5-1-2-6(9)7(10)4(5)3-11/h1-2H,3,11H2. The lowest BCUT2D eigenvalue weighted by Gasteiger charge is -2.03. The SMILES string of the molecule is NCc1c(Br)ccc(Cl)c1F. The largest absolute Gasteiger partial charge is 0.326 e. The second-order valence-corrected chi connectivity index (χ2v) is 3.29. The second kappa shape index (κ2) is 3.52. The van der Waals surface area contributed by atoms with E-state index in [2.05, 4.69) is 15.9 Å². The predicted molar refractivity (Wildman–Crippen MR) is 47.0 cm³/mol. The van der Waals surface area contributed by atoms with Crippen LogP contribution in [0.15, 0.2) is 16.6 Å². The Bertz CT molecular complexity index is 277. The van der Waals surface area contributed by atoms with Crippen molar-refractivity contribution in [3.8, 4) is 0 Å². The molecule has 0 saturated heterocycles. The van der Waals surface area contributed by atoms with Crippen LogP contribution < -0.4 is 5.73 Å². The summed E-state index contributed by atoms with van der Waals surface area (Å²) < 4.78 is 13.7. The number of hydrogen-bond acceptors (Lipinski definition) is 1. The number of halogens is 3. The molecule has 1 aromatic carbocycles. The van der Waals surface area contributed by atoms with Gasteiger partial charge in [-0.2, -0.15) is 0 Å². The van der Waals surface area contributed by atoms with Crippen molar-refractivity contribution in [1.29, 1.82) is 0 Å². The van der Waals surface area contributed by atoms with Gasteiger partial charge in [0, 0.05) is 16.6 Å². The van der Waals surface area contributed by atoms with Crippen LogP contribution in [0.1, 0.15) is 5.56 Å². The molecule has 0 fully saturated rings. The van der Waals surface area contributed by atoms with Crippen molar-refractivity contribution in [2.24, 2.45) is 5.73 Å². The van der Waals surface area contributed by atoms with Gasteiger partial charge in [0.15, 0.2) is 0 Å². The fraction of sp³-hybridized carbons (Fsp3) is 0.143. The molecule has 0 heterocycles. The van der Waals surface area contributed by atoms with Crippen LogP contribution in [0.2, 0.25) is 5.02 Å². The maximum absolute atomic E-state index is 13.0. The molecule has 0 aliphatic rings. The molecular weight excluding hydrogens is 232 g/mol. The molecule has 60 valence electrons. The highest BCUT2D eigenvalue weighted by molar-refractivity contribution is 9.10. The summed E-state index contributed by atoms with van der Waals surface area (Å²) >= 11 is 8.68. The highest BCUT2D eigenvalue weighted by Gasteiger charge is 2.08. The predicted octanol–water partition coefficient (Wildman–Crippen LogP) is 2.70. The van der Waals surface area contributed by atoms with Crippen molar-refractivity contribution in [2.45, 2.75) is 6.54 Å². The van der Waals surface area contributed by atoms with Crippen molar-refractivity contribution in [3.63, 3.8) is 0 Å². The van der Waals surface area contributed by atoms with E-state index in [1.165, 1.54) is 6.07 Å². The molecule has 0 aromatic heterocycles. The molecule has 0 saturated carbocycles. The van der Waals surface area contributed by atoms with Crippen LogP contribution in [-0.2, 0) is 6.54 Å². The van der Waals surface area contributed by atoms with Gasteiger partial charge in [0.2, 0.25) is 0 Å². The van der Waals surface area contributed by atoms with Crippen molar-refractivity contribution >= 4 is 27.5 Å². The molecule has 0 aliphatic heterocycles. The topological polar surface area (TPSA) is 26.0 Å². The summed E-state index contributed by atoms with van der Waals surface area (Å²) in [6.07, 6.45) is 0. The smallest absolute Gasteiger partial charge is 0.147 e. The van der Waals surface area contributed by atoms with E-state index < -0.39 is 5.82 Å². The zero-order valence-electron chi connectivity index (χ0n) is 5.57. The van der Waals surface area contributed by atoms with E-state index in [9.17, 15) is 4.39 Å². The minimum absolute atomic E-state index is 0.105. The van der Waals surface area contributed by atoms with Gasteiger partial charge < -0.3 is 5.73 Å². The average molecular weight is 238 g/mol. The first-order valence-electron chi connectivity index (χ1n) is 2.99. The zero-order valence-corrected chi connectivity index (χ0v) is 7.91. The molecule has 0 atom stereocenters. The minimum Gasteiger partial charge on any atom is -0.326 e. The van der Waals surface area contributed by atoms with E-state index >= 15 is 0 Å². The number of rotatable bonds is 1. The molecule has 2 N–H and O–H groups in total. The summed E-state index contributed by atoms with van der Waals surface area (Å²) in [5.74, 6) is -0.441. The first-order chi connectivity index (χ1) is 5.16. The Kier molecular flexibility index (Phi) is 2.87. The Morgan fingerprint density at radius 3 is 2.64 bits per heavy atom. The Balaban J connectivity index is 3.29. The quantitative estimate of drug-likeness (QED) is 0.748. The molecule has 0 radical (unpaired) electrons. The first kappa shape index (κ1) is 8.97. The van der Waals surface area contributed by atoms with Gasteiger partial charge in [0.05, 0.1) is 5.02 Å². The third kappa shape index (κ3) is 1.72. The summed E-state index contributed by atoms with van der Waals surface area (Å²) in [6, 6.07) is 3.16. The average Bonchev–Trinajstić information content (AvgIpc) is 1.99. The number of hydrogen-bond donors (Lipinski definition) is 1. The van der Waals surface area contributed by atoms with E-state index in [0.717, 1.165) is 0 Å². The highest BCUT2D eigenvalue weighted by atomic mass is 79.9. The van der Waals surface area contributed by atoms with Gasteiger partial charge in [0.25, 0.3) is 0 Å². The first-order valence-corrected chi connectivity index (χ1v) is 4.16. The Morgan fingerprint density at radius 1 is 1.55 bits per heavy atom. The van der Waals surface area contributed by atoms with Crippen LogP contribution in [0.25, 0.3) is 0 Å². The lowest BCUT2D eigenvalue weighted by molar-refractivity contribution is 0.609. The van der Waals surface area contributed by atoms with Gasteiger partial charge in [-0.05, 0) is 12.1 Å². The fourth-order valence-corrected chi connectivity index (χ4v) is 1.40. The Hall–Kier alpha value is -0.120. The van der Waals surface area contributed by atoms with E-state index in [1.54, 1.807) is 6.07 Å². The van der Waals surface area contributed by atoms with Crippen LogP contribution >= 0.6 is 27.5 Å².